The van der Waals surface area contributed by atoms with Gasteiger partial charge in [0.1, 0.15) is 46.5 Å². The van der Waals surface area contributed by atoms with Gasteiger partial charge in [0.25, 0.3) is 0 Å². The summed E-state index contributed by atoms with van der Waals surface area (Å²) in [6, 6.07) is 68.1. The topological polar surface area (TPSA) is 29.6 Å². The normalized spacial score (nSPS) is 12.3. The van der Waals surface area contributed by atoms with Crippen molar-refractivity contribution in [2.75, 3.05) is 0 Å². The van der Waals surface area contributed by atoms with Gasteiger partial charge in [0, 0.05) is 98.8 Å². The van der Waals surface area contributed by atoms with E-state index in [1.807, 2.05) is 115 Å². The molecule has 0 saturated heterocycles. The molecule has 92 heavy (non-hydrogen) atoms. The number of nitrogens with zero attached hydrogens (tertiary/aromatic N) is 6. The molecular formula is C78H40F8N6. The molecule has 6 heterocycles. The lowest BCUT2D eigenvalue weighted by Crippen LogP contribution is -1.99. The molecule has 19 aromatic rings. The minimum atomic E-state index is -0.452. The van der Waals surface area contributed by atoms with E-state index in [9.17, 15) is 0 Å². The second-order valence-corrected chi connectivity index (χ2v) is 23.6. The van der Waals surface area contributed by atoms with Crippen LogP contribution >= 0.6 is 0 Å². The highest BCUT2D eigenvalue weighted by Crippen LogP contribution is 2.44. The van der Waals surface area contributed by atoms with Gasteiger partial charge < -0.3 is 27.4 Å². The highest BCUT2D eigenvalue weighted by molar-refractivity contribution is 6.17. The summed E-state index contributed by atoms with van der Waals surface area (Å²) in [7, 11) is 0. The van der Waals surface area contributed by atoms with Crippen LogP contribution in [0, 0.1) is 46.5 Å². The number of rotatable bonds is 6. The van der Waals surface area contributed by atoms with Gasteiger partial charge >= 0.3 is 0 Å². The fourth-order valence-electron chi connectivity index (χ4n) is 14.8. The predicted octanol–water partition coefficient (Wildman–Crippen LogP) is 21.4. The van der Waals surface area contributed by atoms with Crippen LogP contribution in [-0.2, 0) is 0 Å². The minimum Gasteiger partial charge on any atom is -0.309 e. The summed E-state index contributed by atoms with van der Waals surface area (Å²) in [6.45, 7) is 0. The van der Waals surface area contributed by atoms with Crippen molar-refractivity contribution in [3.63, 3.8) is 0 Å². The molecule has 0 radical (unpaired) electrons. The Bertz CT molecular complexity index is 5500. The maximum atomic E-state index is 15.3. The van der Waals surface area contributed by atoms with Crippen LogP contribution < -0.4 is 0 Å². The summed E-state index contributed by atoms with van der Waals surface area (Å²) in [6.07, 6.45) is 0. The standard InChI is InChI=1S/C78H40F8N6/c79-41-1-17-55-56-18-2-42(80)30-72(56)89(71(55)29-41)51-13-25-67-63(37-51)64-38-52(90-73-31-43(81)3-19-57(73)58-20-4-44(82)32-74(58)90)14-26-68(64)87(67)49-9-11-50(12-10-49)88-69-27-15-53(91-75-33-45(83)5-21-59(75)60-22-6-46(84)34-76(60)91)39-65(69)66-40-54(16-28-70(66)88)92-77-35-47(85)7-23-61(77)62-24-8-48(86)36-78(62)92/h1-40H. The number of hydrogen-bond donors (Lipinski definition) is 0. The third kappa shape index (κ3) is 7.42. The van der Waals surface area contributed by atoms with Gasteiger partial charge in [0.15, 0.2) is 0 Å². The van der Waals surface area contributed by atoms with E-state index in [0.29, 0.717) is 66.9 Å². The van der Waals surface area contributed by atoms with Gasteiger partial charge in [-0.2, -0.15) is 0 Å². The zero-order chi connectivity index (χ0) is 61.7. The van der Waals surface area contributed by atoms with E-state index in [1.54, 1.807) is 48.5 Å². The molecule has 0 amide bonds. The minimum absolute atomic E-state index is 0.452. The Morgan fingerprint density at radius 2 is 0.283 bits per heavy atom. The molecule has 0 aliphatic heterocycles. The highest BCUT2D eigenvalue weighted by atomic mass is 19.2. The molecule has 6 nitrogen and oxygen atoms in total. The number of fused-ring (bicyclic) bond motifs is 18. The molecule has 0 N–H and O–H groups in total. The fraction of sp³-hybridized carbons (Fsp3) is 0. The predicted molar refractivity (Wildman–Crippen MR) is 352 cm³/mol. The molecule has 6 aromatic heterocycles. The molecule has 0 unspecified atom stereocenters. The Hall–Kier alpha value is -11.9. The zero-order valence-corrected chi connectivity index (χ0v) is 47.8. The lowest BCUT2D eigenvalue weighted by Gasteiger charge is -2.13. The van der Waals surface area contributed by atoms with Crippen molar-refractivity contribution in [3.05, 3.63) is 289 Å². The van der Waals surface area contributed by atoms with E-state index in [1.165, 1.54) is 97.1 Å². The van der Waals surface area contributed by atoms with Crippen LogP contribution in [0.25, 0.3) is 165 Å². The molecule has 13 aromatic carbocycles. The maximum Gasteiger partial charge on any atom is 0.125 e. The van der Waals surface area contributed by atoms with Gasteiger partial charge in [0.05, 0.1) is 66.2 Å². The largest absolute Gasteiger partial charge is 0.309 e. The summed E-state index contributed by atoms with van der Waals surface area (Å²) in [4.78, 5) is 0. The quantitative estimate of drug-likeness (QED) is 0.149. The van der Waals surface area contributed by atoms with Gasteiger partial charge in [-0.15, -0.1) is 0 Å². The first-order valence-corrected chi connectivity index (χ1v) is 29.7. The lowest BCUT2D eigenvalue weighted by atomic mass is 10.1. The molecule has 0 atom stereocenters. The van der Waals surface area contributed by atoms with Crippen molar-refractivity contribution < 1.29 is 35.1 Å². The molecule has 438 valence electrons. The highest BCUT2D eigenvalue weighted by Gasteiger charge is 2.24. The van der Waals surface area contributed by atoms with Gasteiger partial charge in [-0.1, -0.05) is 0 Å². The molecule has 0 bridgehead atoms. The third-order valence-electron chi connectivity index (χ3n) is 18.6. The van der Waals surface area contributed by atoms with Crippen LogP contribution in [0.15, 0.2) is 243 Å². The number of aromatic nitrogens is 6. The summed E-state index contributed by atoms with van der Waals surface area (Å²) in [5.41, 5.74) is 11.7. The number of hydrogen-bond acceptors (Lipinski definition) is 0. The van der Waals surface area contributed by atoms with Crippen molar-refractivity contribution in [1.82, 2.24) is 27.4 Å². The van der Waals surface area contributed by atoms with Crippen molar-refractivity contribution in [1.29, 1.82) is 0 Å². The van der Waals surface area contributed by atoms with E-state index in [0.717, 1.165) is 98.1 Å². The fourth-order valence-corrected chi connectivity index (χ4v) is 14.8. The molecule has 14 heteroatoms. The van der Waals surface area contributed by atoms with Crippen molar-refractivity contribution in [2.45, 2.75) is 0 Å². The van der Waals surface area contributed by atoms with E-state index >= 15 is 35.1 Å². The first-order chi connectivity index (χ1) is 44.8. The summed E-state index contributed by atoms with van der Waals surface area (Å²) in [5.74, 6) is -3.61. The Morgan fingerprint density at radius 3 is 0.457 bits per heavy atom. The Kier molecular flexibility index (Phi) is 10.7. The van der Waals surface area contributed by atoms with E-state index in [-0.39, 0.29) is 0 Å². The van der Waals surface area contributed by atoms with Gasteiger partial charge in [-0.25, -0.2) is 35.1 Å². The van der Waals surface area contributed by atoms with Crippen molar-refractivity contribution in [3.8, 4) is 34.1 Å². The molecule has 0 spiro atoms. The Balaban J connectivity index is 0.834. The first-order valence-electron chi connectivity index (χ1n) is 29.7. The Morgan fingerprint density at radius 1 is 0.130 bits per heavy atom. The summed E-state index contributed by atoms with van der Waals surface area (Å²) in [5, 5.41) is 9.07. The zero-order valence-electron chi connectivity index (χ0n) is 47.8. The SMILES string of the molecule is Fc1ccc2c3ccc(F)cc3n(-c3ccc4c(c3)c3cc(-n5c6cc(F)ccc6c6ccc(F)cc65)ccc3n4-c3ccc(-n4c5ccc(-n6c7cc(F)ccc7c7ccc(F)cc76)cc5c5cc(-n6c7cc(F)ccc7c7ccc(F)cc76)ccc54)cc3)c2c1. The second-order valence-electron chi connectivity index (χ2n) is 23.6. The number of benzene rings is 13. The van der Waals surface area contributed by atoms with Crippen molar-refractivity contribution in [2.24, 2.45) is 0 Å². The monoisotopic (exact) mass is 1210 g/mol. The molecule has 19 rings (SSSR count). The smallest absolute Gasteiger partial charge is 0.125 e. The van der Waals surface area contributed by atoms with Gasteiger partial charge in [-0.05, 0) is 243 Å². The first kappa shape index (κ1) is 52.1. The average molecular weight is 1210 g/mol. The maximum absolute atomic E-state index is 15.3. The van der Waals surface area contributed by atoms with Crippen LogP contribution in [0.4, 0.5) is 35.1 Å². The molecule has 0 aliphatic carbocycles. The summed E-state index contributed by atoms with van der Waals surface area (Å²) < 4.78 is 134. The van der Waals surface area contributed by atoms with E-state index in [4.69, 9.17) is 0 Å². The Labute approximate surface area is 514 Å². The lowest BCUT2D eigenvalue weighted by molar-refractivity contribution is 0.628. The van der Waals surface area contributed by atoms with Crippen LogP contribution in [0.3, 0.4) is 0 Å². The van der Waals surface area contributed by atoms with Gasteiger partial charge in [-0.3, -0.25) is 0 Å². The third-order valence-corrected chi connectivity index (χ3v) is 18.6. The molecule has 0 aliphatic rings. The van der Waals surface area contributed by atoms with Crippen LogP contribution in [0.2, 0.25) is 0 Å². The van der Waals surface area contributed by atoms with Gasteiger partial charge in [0.2, 0.25) is 0 Å². The van der Waals surface area contributed by atoms with E-state index in [2.05, 4.69) is 9.13 Å². The number of halogens is 8. The summed E-state index contributed by atoms with van der Waals surface area (Å²) >= 11 is 0. The molecule has 0 saturated carbocycles. The average Bonchev–Trinajstić information content (AvgIpc) is 1.59. The second kappa shape index (κ2) is 18.8. The molecular weight excluding hydrogens is 1170 g/mol. The van der Waals surface area contributed by atoms with Crippen LogP contribution in [0.5, 0.6) is 0 Å². The van der Waals surface area contributed by atoms with Crippen molar-refractivity contribution >= 4 is 131 Å². The van der Waals surface area contributed by atoms with E-state index < -0.39 is 46.5 Å². The molecule has 0 fully saturated rings. The van der Waals surface area contributed by atoms with Crippen LogP contribution in [-0.4, -0.2) is 27.4 Å². The van der Waals surface area contributed by atoms with Crippen LogP contribution in [0.1, 0.15) is 0 Å².